The minimum atomic E-state index is -0.904. The van der Waals surface area contributed by atoms with E-state index in [1.165, 1.54) is 30.4 Å². The molecule has 4 nitrogen and oxygen atoms in total. The van der Waals surface area contributed by atoms with Gasteiger partial charge < -0.3 is 9.84 Å². The van der Waals surface area contributed by atoms with Crippen LogP contribution >= 0.6 is 11.3 Å². The summed E-state index contributed by atoms with van der Waals surface area (Å²) in [5.74, 6) is -0.904. The van der Waals surface area contributed by atoms with Gasteiger partial charge in [-0.2, -0.15) is 0 Å². The highest BCUT2D eigenvalue weighted by Crippen LogP contribution is 2.41. The lowest BCUT2D eigenvalue weighted by Crippen LogP contribution is -2.29. The molecule has 1 aromatic heterocycles. The molecular weight excluding hydrogens is 250 g/mol. The van der Waals surface area contributed by atoms with Crippen LogP contribution in [-0.4, -0.2) is 22.7 Å². The zero-order valence-electron chi connectivity index (χ0n) is 10.6. The third kappa shape index (κ3) is 2.72. The van der Waals surface area contributed by atoms with Crippen molar-refractivity contribution >= 4 is 17.3 Å². The summed E-state index contributed by atoms with van der Waals surface area (Å²) in [7, 11) is 0. The molecule has 0 saturated heterocycles. The van der Waals surface area contributed by atoms with E-state index in [4.69, 9.17) is 9.84 Å². The van der Waals surface area contributed by atoms with Crippen molar-refractivity contribution in [2.24, 2.45) is 0 Å². The first-order chi connectivity index (χ1) is 8.68. The number of hydrogen-bond donors (Lipinski definition) is 1. The predicted molar refractivity (Wildman–Crippen MR) is 70.1 cm³/mol. The molecule has 5 heteroatoms. The van der Waals surface area contributed by atoms with E-state index in [-0.39, 0.29) is 5.60 Å². The summed E-state index contributed by atoms with van der Waals surface area (Å²) in [6.07, 6.45) is 8.07. The predicted octanol–water partition coefficient (Wildman–Crippen LogP) is 3.43. The van der Waals surface area contributed by atoms with Crippen LogP contribution in [-0.2, 0) is 10.3 Å². The highest BCUT2D eigenvalue weighted by atomic mass is 32.1. The van der Waals surface area contributed by atoms with E-state index in [0.717, 1.165) is 30.7 Å². The molecule has 1 saturated carbocycles. The molecule has 18 heavy (non-hydrogen) atoms. The number of carbonyl (C=O) groups is 1. The Labute approximate surface area is 111 Å². The van der Waals surface area contributed by atoms with E-state index in [1.807, 2.05) is 6.92 Å². The normalized spacial score (nSPS) is 19.4. The summed E-state index contributed by atoms with van der Waals surface area (Å²) >= 11 is 1.26. The fourth-order valence-corrected chi connectivity index (χ4v) is 3.54. The maximum atomic E-state index is 11.0. The molecule has 100 valence electrons. The van der Waals surface area contributed by atoms with Crippen molar-refractivity contribution in [2.75, 3.05) is 6.61 Å². The van der Waals surface area contributed by atoms with Crippen LogP contribution in [0.2, 0.25) is 0 Å². The molecule has 1 aromatic rings. The van der Waals surface area contributed by atoms with Gasteiger partial charge >= 0.3 is 5.97 Å². The molecule has 1 aliphatic carbocycles. The van der Waals surface area contributed by atoms with E-state index < -0.39 is 5.97 Å². The fraction of sp³-hybridized carbons (Fsp3) is 0.692. The molecule has 0 bridgehead atoms. The van der Waals surface area contributed by atoms with Crippen molar-refractivity contribution < 1.29 is 14.6 Å². The third-order valence-corrected chi connectivity index (χ3v) is 4.61. The van der Waals surface area contributed by atoms with Crippen LogP contribution in [0, 0.1) is 0 Å². The number of nitrogens with zero attached hydrogens (tertiary/aromatic N) is 1. The molecule has 1 N–H and O–H groups in total. The van der Waals surface area contributed by atoms with Gasteiger partial charge in [0.1, 0.15) is 15.5 Å². The monoisotopic (exact) mass is 269 g/mol. The topological polar surface area (TPSA) is 59.4 Å². The Kier molecular flexibility index (Phi) is 4.35. The number of ether oxygens (including phenoxy) is 1. The number of carboxylic acids is 1. The number of hydrogen-bond acceptors (Lipinski definition) is 4. The van der Waals surface area contributed by atoms with Crippen LogP contribution in [0.5, 0.6) is 0 Å². The van der Waals surface area contributed by atoms with Crippen molar-refractivity contribution in [1.82, 2.24) is 4.98 Å². The quantitative estimate of drug-likeness (QED) is 0.851. The van der Waals surface area contributed by atoms with Gasteiger partial charge in [-0.25, -0.2) is 9.78 Å². The maximum absolute atomic E-state index is 11.0. The lowest BCUT2D eigenvalue weighted by Gasteiger charge is -2.30. The van der Waals surface area contributed by atoms with Crippen LogP contribution in [0.15, 0.2) is 6.20 Å². The van der Waals surface area contributed by atoms with Crippen LogP contribution < -0.4 is 0 Å². The molecular formula is C13H19NO3S. The number of thiazole rings is 1. The van der Waals surface area contributed by atoms with E-state index in [0.29, 0.717) is 11.5 Å². The Morgan fingerprint density at radius 2 is 2.11 bits per heavy atom. The summed E-state index contributed by atoms with van der Waals surface area (Å²) in [6.45, 7) is 2.63. The van der Waals surface area contributed by atoms with Gasteiger partial charge in [-0.1, -0.05) is 25.7 Å². The van der Waals surface area contributed by atoms with E-state index in [1.54, 1.807) is 0 Å². The van der Waals surface area contributed by atoms with E-state index in [9.17, 15) is 4.79 Å². The van der Waals surface area contributed by atoms with Crippen molar-refractivity contribution in [3.8, 4) is 0 Å². The largest absolute Gasteiger partial charge is 0.477 e. The van der Waals surface area contributed by atoms with Gasteiger partial charge in [0.25, 0.3) is 0 Å². The molecule has 0 atom stereocenters. The number of carboxylic acid groups (broad SMARTS) is 1. The average molecular weight is 269 g/mol. The maximum Gasteiger partial charge on any atom is 0.347 e. The summed E-state index contributed by atoms with van der Waals surface area (Å²) in [5, 5.41) is 9.83. The van der Waals surface area contributed by atoms with Crippen molar-refractivity contribution in [3.63, 3.8) is 0 Å². The van der Waals surface area contributed by atoms with Gasteiger partial charge in [0, 0.05) is 6.61 Å². The molecule has 1 fully saturated rings. The zero-order chi connectivity index (χ0) is 13.0. The molecule has 0 spiro atoms. The van der Waals surface area contributed by atoms with E-state index in [2.05, 4.69) is 4.98 Å². The number of aromatic nitrogens is 1. The van der Waals surface area contributed by atoms with Gasteiger partial charge in [0.05, 0.1) is 6.20 Å². The van der Waals surface area contributed by atoms with Crippen molar-refractivity contribution in [2.45, 2.75) is 51.0 Å². The summed E-state index contributed by atoms with van der Waals surface area (Å²) in [4.78, 5) is 15.6. The molecule has 0 unspecified atom stereocenters. The van der Waals surface area contributed by atoms with Crippen LogP contribution in [0.25, 0.3) is 0 Å². The minimum Gasteiger partial charge on any atom is -0.477 e. The molecule has 1 aliphatic rings. The SMILES string of the molecule is CCOC1(c2ncc(C(=O)O)s2)CCCCCC1. The second-order valence-electron chi connectivity index (χ2n) is 4.68. The first-order valence-electron chi connectivity index (χ1n) is 6.51. The Morgan fingerprint density at radius 1 is 1.44 bits per heavy atom. The number of aromatic carboxylic acids is 1. The molecule has 0 aliphatic heterocycles. The number of rotatable bonds is 4. The standard InChI is InChI=1S/C13H19NO3S/c1-2-17-13(7-5-3-4-6-8-13)12-14-9-10(18-12)11(15)16/h9H,2-8H2,1H3,(H,15,16). The van der Waals surface area contributed by atoms with Gasteiger partial charge in [0.2, 0.25) is 0 Å². The Morgan fingerprint density at radius 3 is 2.61 bits per heavy atom. The van der Waals surface area contributed by atoms with Gasteiger partial charge in [-0.05, 0) is 19.8 Å². The molecule has 2 rings (SSSR count). The molecule has 0 radical (unpaired) electrons. The van der Waals surface area contributed by atoms with Crippen molar-refractivity contribution in [1.29, 1.82) is 0 Å². The Bertz CT molecular complexity index is 408. The zero-order valence-corrected chi connectivity index (χ0v) is 11.5. The van der Waals surface area contributed by atoms with Gasteiger partial charge in [-0.15, -0.1) is 11.3 Å². The third-order valence-electron chi connectivity index (χ3n) is 3.44. The first kappa shape index (κ1) is 13.5. The van der Waals surface area contributed by atoms with Crippen LogP contribution in [0.3, 0.4) is 0 Å². The second kappa shape index (κ2) is 5.80. The highest BCUT2D eigenvalue weighted by Gasteiger charge is 2.36. The Hall–Kier alpha value is -0.940. The molecule has 1 heterocycles. The first-order valence-corrected chi connectivity index (χ1v) is 7.33. The smallest absolute Gasteiger partial charge is 0.347 e. The summed E-state index contributed by atoms with van der Waals surface area (Å²) in [5.41, 5.74) is -0.344. The molecule has 0 amide bonds. The summed E-state index contributed by atoms with van der Waals surface area (Å²) in [6, 6.07) is 0. The lowest BCUT2D eigenvalue weighted by molar-refractivity contribution is -0.0559. The summed E-state index contributed by atoms with van der Waals surface area (Å²) < 4.78 is 5.98. The van der Waals surface area contributed by atoms with E-state index >= 15 is 0 Å². The lowest BCUT2D eigenvalue weighted by atomic mass is 9.95. The van der Waals surface area contributed by atoms with Crippen molar-refractivity contribution in [3.05, 3.63) is 16.1 Å². The average Bonchev–Trinajstić information content (AvgIpc) is 2.73. The fourth-order valence-electron chi connectivity index (χ4n) is 2.58. The highest BCUT2D eigenvalue weighted by molar-refractivity contribution is 7.13. The Balaban J connectivity index is 2.29. The van der Waals surface area contributed by atoms with Gasteiger partial charge in [0.15, 0.2) is 0 Å². The van der Waals surface area contributed by atoms with Crippen LogP contribution in [0.1, 0.15) is 60.1 Å². The van der Waals surface area contributed by atoms with Crippen LogP contribution in [0.4, 0.5) is 0 Å². The molecule has 0 aromatic carbocycles. The minimum absolute atomic E-state index is 0.299. The van der Waals surface area contributed by atoms with Gasteiger partial charge in [-0.3, -0.25) is 0 Å². The second-order valence-corrected chi connectivity index (χ2v) is 5.71.